The Balaban J connectivity index is 3.31. The van der Waals surface area contributed by atoms with Crippen LogP contribution in [0.5, 0.6) is 0 Å². The first-order chi connectivity index (χ1) is 42.0. The Morgan fingerprint density at radius 3 is 0.835 bits per heavy atom. The number of aliphatic hydroxyl groups is 2. The van der Waals surface area contributed by atoms with Gasteiger partial charge in [-0.3, -0.25) is 9.59 Å². The van der Waals surface area contributed by atoms with Gasteiger partial charge in [0.25, 0.3) is 0 Å². The third-order valence-corrected chi connectivity index (χ3v) is 18.8. The highest BCUT2D eigenvalue weighted by molar-refractivity contribution is 5.76. The average Bonchev–Trinajstić information content (AvgIpc) is 3.51. The Bertz CT molecular complexity index is 1290. The summed E-state index contributed by atoms with van der Waals surface area (Å²) in [6, 6.07) is -0.538. The van der Waals surface area contributed by atoms with Crippen LogP contribution in [0.25, 0.3) is 0 Å². The quantitative estimate of drug-likeness (QED) is 0.0320. The van der Waals surface area contributed by atoms with E-state index in [0.717, 1.165) is 38.5 Å². The van der Waals surface area contributed by atoms with Crippen LogP contribution in [0.3, 0.4) is 0 Å². The number of nitrogens with one attached hydrogen (secondary N) is 1. The first kappa shape index (κ1) is 83.6. The molecule has 0 aliphatic heterocycles. The highest BCUT2D eigenvalue weighted by Gasteiger charge is 2.20. The Labute approximate surface area is 533 Å². The fourth-order valence-corrected chi connectivity index (χ4v) is 12.8. The Hall–Kier alpha value is -1.40. The van der Waals surface area contributed by atoms with Crippen molar-refractivity contribution >= 4 is 11.9 Å². The lowest BCUT2D eigenvalue weighted by Crippen LogP contribution is -2.45. The van der Waals surface area contributed by atoms with Gasteiger partial charge in [0, 0.05) is 12.8 Å². The Kier molecular flexibility index (Phi) is 73.8. The van der Waals surface area contributed by atoms with Gasteiger partial charge in [-0.15, -0.1) is 0 Å². The van der Waals surface area contributed by atoms with Crippen molar-refractivity contribution in [3.8, 4) is 0 Å². The summed E-state index contributed by atoms with van der Waals surface area (Å²) in [6.07, 6.45) is 94.4. The van der Waals surface area contributed by atoms with Crippen LogP contribution in [-0.4, -0.2) is 47.4 Å². The van der Waals surface area contributed by atoms with E-state index < -0.39 is 12.1 Å². The molecule has 6 heteroatoms. The summed E-state index contributed by atoms with van der Waals surface area (Å²) in [5, 5.41) is 23.4. The molecule has 506 valence electrons. The third kappa shape index (κ3) is 71.6. The van der Waals surface area contributed by atoms with E-state index in [2.05, 4.69) is 31.3 Å². The largest absolute Gasteiger partial charge is 0.466 e. The highest BCUT2D eigenvalue weighted by Crippen LogP contribution is 2.20. The monoisotopic (exact) mass is 1200 g/mol. The summed E-state index contributed by atoms with van der Waals surface area (Å²) in [7, 11) is 0. The zero-order valence-corrected chi connectivity index (χ0v) is 58.1. The molecule has 0 rings (SSSR count). The molecule has 2 unspecified atom stereocenters. The van der Waals surface area contributed by atoms with E-state index in [1.54, 1.807) is 0 Å². The molecule has 0 saturated heterocycles. The maximum absolute atomic E-state index is 12.5. The summed E-state index contributed by atoms with van der Waals surface area (Å²) in [6.45, 7) is 5.01. The Morgan fingerprint density at radius 2 is 0.553 bits per heavy atom. The predicted octanol–water partition coefficient (Wildman–Crippen LogP) is 25.9. The van der Waals surface area contributed by atoms with E-state index in [1.807, 2.05) is 0 Å². The molecule has 0 radical (unpaired) electrons. The lowest BCUT2D eigenvalue weighted by molar-refractivity contribution is -0.143. The van der Waals surface area contributed by atoms with Gasteiger partial charge in [-0.05, 0) is 51.4 Å². The summed E-state index contributed by atoms with van der Waals surface area (Å²) < 4.78 is 5.51. The number of ether oxygens (including phenoxy) is 1. The molecule has 3 N–H and O–H groups in total. The summed E-state index contributed by atoms with van der Waals surface area (Å²) in [4.78, 5) is 24.7. The van der Waals surface area contributed by atoms with Crippen LogP contribution in [0.15, 0.2) is 12.2 Å². The van der Waals surface area contributed by atoms with Gasteiger partial charge in [-0.2, -0.15) is 0 Å². The molecule has 1 amide bonds. The lowest BCUT2D eigenvalue weighted by Gasteiger charge is -2.22. The zero-order valence-electron chi connectivity index (χ0n) is 58.1. The first-order valence-corrected chi connectivity index (χ1v) is 39.4. The molecule has 0 fully saturated rings. The molecule has 85 heavy (non-hydrogen) atoms. The number of allylic oxidation sites excluding steroid dienone is 2. The number of unbranched alkanes of at least 4 members (excludes halogenated alkanes) is 62. The number of rotatable bonds is 75. The summed E-state index contributed by atoms with van der Waals surface area (Å²) >= 11 is 0. The van der Waals surface area contributed by atoms with Crippen molar-refractivity contribution in [1.82, 2.24) is 5.32 Å². The molecular weight excluding hydrogens is 1040 g/mol. The van der Waals surface area contributed by atoms with Crippen molar-refractivity contribution in [2.45, 2.75) is 469 Å². The molecule has 0 aromatic carbocycles. The first-order valence-electron chi connectivity index (χ1n) is 39.4. The standard InChI is InChI=1S/C79H155NO5/c1-3-5-7-9-11-13-15-17-19-21-39-43-47-51-55-59-63-67-71-77(82)76(75-81)80-78(83)72-68-64-60-56-52-48-44-40-37-35-33-31-29-27-25-23-24-26-28-30-32-34-36-38-42-46-50-54-58-62-66-70-74-85-79(84)73-69-65-61-57-53-49-45-41-22-20-18-16-14-12-10-8-6-4-2/h20,22,76-77,81-82H,3-19,21,23-75H2,1-2H3,(H,80,83)/b22-20-. The molecular formula is C79H155NO5. The average molecular weight is 1200 g/mol. The topological polar surface area (TPSA) is 95.9 Å². The summed E-state index contributed by atoms with van der Waals surface area (Å²) in [5.74, 6) is -0.00594. The maximum Gasteiger partial charge on any atom is 0.305 e. The summed E-state index contributed by atoms with van der Waals surface area (Å²) in [5.41, 5.74) is 0. The van der Waals surface area contributed by atoms with Gasteiger partial charge >= 0.3 is 5.97 Å². The highest BCUT2D eigenvalue weighted by atomic mass is 16.5. The van der Waals surface area contributed by atoms with Gasteiger partial charge in [0.1, 0.15) is 0 Å². The second kappa shape index (κ2) is 75.1. The molecule has 2 atom stereocenters. The number of aliphatic hydroxyl groups excluding tert-OH is 2. The van der Waals surface area contributed by atoms with E-state index in [0.29, 0.717) is 25.9 Å². The van der Waals surface area contributed by atoms with Gasteiger partial charge in [0.05, 0.1) is 25.4 Å². The number of amides is 1. The van der Waals surface area contributed by atoms with Crippen molar-refractivity contribution in [2.75, 3.05) is 13.2 Å². The fraction of sp³-hybridized carbons (Fsp3) is 0.949. The SMILES string of the molecule is CCCCCCCCC/C=C\CCCCCCCCCC(=O)OCCCCCCCCCCCCCCCCCCCCCCCCCCCCCCCCCCC(=O)NC(CO)C(O)CCCCCCCCCCCCCCCCCCCC. The molecule has 0 aromatic rings. The van der Waals surface area contributed by atoms with E-state index in [9.17, 15) is 19.8 Å². The minimum Gasteiger partial charge on any atom is -0.466 e. The Morgan fingerprint density at radius 1 is 0.318 bits per heavy atom. The molecule has 0 spiro atoms. The number of hydrogen-bond acceptors (Lipinski definition) is 5. The fourth-order valence-electron chi connectivity index (χ4n) is 12.8. The van der Waals surface area contributed by atoms with Crippen LogP contribution >= 0.6 is 0 Å². The van der Waals surface area contributed by atoms with E-state index in [-0.39, 0.29) is 18.5 Å². The van der Waals surface area contributed by atoms with Crippen LogP contribution in [0.4, 0.5) is 0 Å². The smallest absolute Gasteiger partial charge is 0.305 e. The second-order valence-electron chi connectivity index (χ2n) is 27.4. The van der Waals surface area contributed by atoms with Gasteiger partial charge < -0.3 is 20.3 Å². The maximum atomic E-state index is 12.5. The van der Waals surface area contributed by atoms with Crippen LogP contribution in [-0.2, 0) is 14.3 Å². The minimum absolute atomic E-state index is 0.0196. The van der Waals surface area contributed by atoms with E-state index in [4.69, 9.17) is 4.74 Å². The van der Waals surface area contributed by atoms with Crippen molar-refractivity contribution in [3.63, 3.8) is 0 Å². The number of carbonyl (C=O) groups is 2. The molecule has 6 nitrogen and oxygen atoms in total. The molecule has 0 saturated carbocycles. The van der Waals surface area contributed by atoms with Gasteiger partial charge in [0.15, 0.2) is 0 Å². The van der Waals surface area contributed by atoms with Crippen molar-refractivity contribution in [2.24, 2.45) is 0 Å². The molecule has 0 heterocycles. The van der Waals surface area contributed by atoms with E-state index in [1.165, 1.54) is 385 Å². The van der Waals surface area contributed by atoms with Crippen molar-refractivity contribution in [3.05, 3.63) is 12.2 Å². The van der Waals surface area contributed by atoms with Crippen LogP contribution in [0.2, 0.25) is 0 Å². The van der Waals surface area contributed by atoms with Crippen LogP contribution in [0, 0.1) is 0 Å². The van der Waals surface area contributed by atoms with Gasteiger partial charge in [0.2, 0.25) is 5.91 Å². The van der Waals surface area contributed by atoms with Crippen LogP contribution < -0.4 is 5.32 Å². The van der Waals surface area contributed by atoms with Gasteiger partial charge in [-0.1, -0.05) is 405 Å². The van der Waals surface area contributed by atoms with Gasteiger partial charge in [-0.25, -0.2) is 0 Å². The molecule has 0 aliphatic carbocycles. The second-order valence-corrected chi connectivity index (χ2v) is 27.4. The number of esters is 1. The van der Waals surface area contributed by atoms with Crippen molar-refractivity contribution < 1.29 is 24.5 Å². The normalized spacial score (nSPS) is 12.5. The predicted molar refractivity (Wildman–Crippen MR) is 375 cm³/mol. The number of hydrogen-bond donors (Lipinski definition) is 3. The van der Waals surface area contributed by atoms with Crippen molar-refractivity contribution in [1.29, 1.82) is 0 Å². The lowest BCUT2D eigenvalue weighted by atomic mass is 10.0. The molecule has 0 bridgehead atoms. The van der Waals surface area contributed by atoms with Crippen LogP contribution in [0.1, 0.15) is 457 Å². The zero-order chi connectivity index (χ0) is 61.3. The number of carbonyl (C=O) groups excluding carboxylic acids is 2. The van der Waals surface area contributed by atoms with E-state index >= 15 is 0 Å². The molecule has 0 aliphatic rings. The minimum atomic E-state index is -0.661. The molecule has 0 aromatic heterocycles. The third-order valence-electron chi connectivity index (χ3n) is 18.8.